The fourth-order valence-electron chi connectivity index (χ4n) is 3.58. The minimum absolute atomic E-state index is 0.101. The van der Waals surface area contributed by atoms with E-state index >= 15 is 0 Å². The van der Waals surface area contributed by atoms with Crippen molar-refractivity contribution in [3.63, 3.8) is 0 Å². The number of hydrogen-bond acceptors (Lipinski definition) is 5. The summed E-state index contributed by atoms with van der Waals surface area (Å²) >= 11 is 1.56. The first-order chi connectivity index (χ1) is 12.9. The van der Waals surface area contributed by atoms with Gasteiger partial charge in [0.2, 0.25) is 0 Å². The molecule has 3 rings (SSSR count). The number of thiophene rings is 1. The predicted octanol–water partition coefficient (Wildman–Crippen LogP) is 4.56. The van der Waals surface area contributed by atoms with E-state index < -0.39 is 5.97 Å². The lowest BCUT2D eigenvalue weighted by atomic mass is 9.76. The lowest BCUT2D eigenvalue weighted by Gasteiger charge is -2.29. The predicted molar refractivity (Wildman–Crippen MR) is 108 cm³/mol. The van der Waals surface area contributed by atoms with Crippen molar-refractivity contribution in [2.75, 3.05) is 25.6 Å². The maximum absolute atomic E-state index is 12.2. The standard InChI is InChI=1S/C21H24N2O3S/c1-21(2)7-6-17-15(11-21)18(20(24)25)19(27-17)14-10-13(12-22)4-5-16(14)23-8-9-26-3/h4-5,10,23H,6-9,11H2,1-3H3,(H,24,25). The molecule has 27 heavy (non-hydrogen) atoms. The van der Waals surface area contributed by atoms with E-state index in [2.05, 4.69) is 25.2 Å². The third-order valence-corrected chi connectivity index (χ3v) is 6.33. The number of nitrogens with one attached hydrogen (secondary N) is 1. The Hall–Kier alpha value is -2.36. The average molecular weight is 385 g/mol. The molecule has 5 nitrogen and oxygen atoms in total. The maximum atomic E-state index is 12.2. The Labute approximate surface area is 163 Å². The lowest BCUT2D eigenvalue weighted by molar-refractivity contribution is 0.0696. The molecule has 1 aliphatic rings. The van der Waals surface area contributed by atoms with Crippen molar-refractivity contribution < 1.29 is 14.6 Å². The molecule has 0 aliphatic heterocycles. The molecule has 0 saturated heterocycles. The molecule has 0 amide bonds. The molecule has 2 aromatic rings. The van der Waals surface area contributed by atoms with Crippen molar-refractivity contribution in [2.45, 2.75) is 33.1 Å². The third kappa shape index (κ3) is 4.00. The van der Waals surface area contributed by atoms with E-state index in [0.29, 0.717) is 24.3 Å². The van der Waals surface area contributed by atoms with Crippen molar-refractivity contribution in [1.29, 1.82) is 5.26 Å². The molecule has 0 fully saturated rings. The van der Waals surface area contributed by atoms with Crippen molar-refractivity contribution >= 4 is 23.0 Å². The second kappa shape index (κ2) is 7.71. The van der Waals surface area contributed by atoms with E-state index in [1.807, 2.05) is 6.07 Å². The van der Waals surface area contributed by atoms with Crippen LogP contribution in [0.3, 0.4) is 0 Å². The first-order valence-corrected chi connectivity index (χ1v) is 9.83. The number of carboxylic acids is 1. The van der Waals surface area contributed by atoms with Gasteiger partial charge in [-0.05, 0) is 48.4 Å². The summed E-state index contributed by atoms with van der Waals surface area (Å²) in [6.07, 6.45) is 2.72. The van der Waals surface area contributed by atoms with Gasteiger partial charge in [-0.25, -0.2) is 4.79 Å². The van der Waals surface area contributed by atoms with Gasteiger partial charge < -0.3 is 15.2 Å². The Balaban J connectivity index is 2.15. The summed E-state index contributed by atoms with van der Waals surface area (Å²) in [5.41, 5.74) is 3.58. The molecular formula is C21H24N2O3S. The van der Waals surface area contributed by atoms with Gasteiger partial charge in [0, 0.05) is 29.8 Å². The number of carbonyl (C=O) groups is 1. The number of carboxylic acid groups (broad SMARTS) is 1. The first-order valence-electron chi connectivity index (χ1n) is 9.01. The second-order valence-electron chi connectivity index (χ2n) is 7.65. The maximum Gasteiger partial charge on any atom is 0.337 e. The fraction of sp³-hybridized carbons (Fsp3) is 0.429. The van der Waals surface area contributed by atoms with Gasteiger partial charge in [0.25, 0.3) is 0 Å². The molecule has 1 aromatic heterocycles. The normalized spacial score (nSPS) is 15.0. The van der Waals surface area contributed by atoms with Crippen LogP contribution in [-0.4, -0.2) is 31.3 Å². The number of methoxy groups -OCH3 is 1. The number of fused-ring (bicyclic) bond motifs is 1. The largest absolute Gasteiger partial charge is 0.478 e. The summed E-state index contributed by atoms with van der Waals surface area (Å²) in [5, 5.41) is 22.6. The molecule has 1 heterocycles. The van der Waals surface area contributed by atoms with Gasteiger partial charge in [0.05, 0.1) is 28.7 Å². The highest BCUT2D eigenvalue weighted by atomic mass is 32.1. The van der Waals surface area contributed by atoms with Gasteiger partial charge in [-0.3, -0.25) is 0 Å². The van der Waals surface area contributed by atoms with E-state index in [-0.39, 0.29) is 5.41 Å². The molecule has 6 heteroatoms. The van der Waals surface area contributed by atoms with Crippen molar-refractivity contribution in [1.82, 2.24) is 0 Å². The topological polar surface area (TPSA) is 82.3 Å². The lowest BCUT2D eigenvalue weighted by Crippen LogP contribution is -2.22. The molecule has 0 spiro atoms. The second-order valence-corrected chi connectivity index (χ2v) is 8.75. The number of ether oxygens (including phenoxy) is 1. The van der Waals surface area contributed by atoms with E-state index in [1.165, 1.54) is 0 Å². The van der Waals surface area contributed by atoms with Gasteiger partial charge in [0.15, 0.2) is 0 Å². The number of anilines is 1. The van der Waals surface area contributed by atoms with Crippen LogP contribution < -0.4 is 5.32 Å². The number of rotatable bonds is 6. The number of nitrogens with zero attached hydrogens (tertiary/aromatic N) is 1. The summed E-state index contributed by atoms with van der Waals surface area (Å²) < 4.78 is 5.10. The Morgan fingerprint density at radius 2 is 2.22 bits per heavy atom. The van der Waals surface area contributed by atoms with E-state index in [1.54, 1.807) is 30.6 Å². The smallest absolute Gasteiger partial charge is 0.337 e. The van der Waals surface area contributed by atoms with Crippen LogP contribution in [0.25, 0.3) is 10.4 Å². The molecule has 2 N–H and O–H groups in total. The summed E-state index contributed by atoms with van der Waals surface area (Å²) in [6.45, 7) is 5.52. The zero-order valence-electron chi connectivity index (χ0n) is 15.9. The summed E-state index contributed by atoms with van der Waals surface area (Å²) in [7, 11) is 1.64. The van der Waals surface area contributed by atoms with Crippen molar-refractivity contribution in [2.24, 2.45) is 5.41 Å². The Morgan fingerprint density at radius 3 is 2.89 bits per heavy atom. The van der Waals surface area contributed by atoms with Gasteiger partial charge >= 0.3 is 5.97 Å². The molecule has 0 bridgehead atoms. The number of hydrogen-bond donors (Lipinski definition) is 2. The monoisotopic (exact) mass is 384 g/mol. The molecule has 1 aromatic carbocycles. The Morgan fingerprint density at radius 1 is 1.44 bits per heavy atom. The third-order valence-electron chi connectivity index (χ3n) is 5.00. The van der Waals surface area contributed by atoms with Gasteiger partial charge in [-0.2, -0.15) is 5.26 Å². The first kappa shape index (κ1) is 19.4. The van der Waals surface area contributed by atoms with Crippen molar-refractivity contribution in [3.05, 3.63) is 39.8 Å². The summed E-state index contributed by atoms with van der Waals surface area (Å²) in [6, 6.07) is 7.53. The summed E-state index contributed by atoms with van der Waals surface area (Å²) in [4.78, 5) is 14.1. The molecule has 0 unspecified atom stereocenters. The molecule has 0 radical (unpaired) electrons. The van der Waals surface area contributed by atoms with E-state index in [4.69, 9.17) is 4.74 Å². The highest BCUT2D eigenvalue weighted by molar-refractivity contribution is 7.16. The Kier molecular flexibility index (Phi) is 5.54. The summed E-state index contributed by atoms with van der Waals surface area (Å²) in [5.74, 6) is -0.898. The number of nitriles is 1. The van der Waals surface area contributed by atoms with Crippen molar-refractivity contribution in [3.8, 4) is 16.5 Å². The highest BCUT2D eigenvalue weighted by Crippen LogP contribution is 2.46. The number of aryl methyl sites for hydroxylation is 1. The molecule has 1 aliphatic carbocycles. The van der Waals surface area contributed by atoms with Crippen LogP contribution in [0, 0.1) is 16.7 Å². The average Bonchev–Trinajstić information content (AvgIpc) is 2.99. The molecule has 142 valence electrons. The fourth-order valence-corrected chi connectivity index (χ4v) is 4.92. The van der Waals surface area contributed by atoms with Crippen LogP contribution in [-0.2, 0) is 17.6 Å². The quantitative estimate of drug-likeness (QED) is 0.714. The zero-order valence-corrected chi connectivity index (χ0v) is 16.7. The Bertz CT molecular complexity index is 909. The molecular weight excluding hydrogens is 360 g/mol. The molecule has 0 atom stereocenters. The number of benzene rings is 1. The van der Waals surface area contributed by atoms with Crippen LogP contribution in [0.5, 0.6) is 0 Å². The highest BCUT2D eigenvalue weighted by Gasteiger charge is 2.33. The van der Waals surface area contributed by atoms with E-state index in [0.717, 1.165) is 45.8 Å². The van der Waals surface area contributed by atoms with Gasteiger partial charge in [0.1, 0.15) is 0 Å². The van der Waals surface area contributed by atoms with Crippen LogP contribution in [0.15, 0.2) is 18.2 Å². The van der Waals surface area contributed by atoms with Gasteiger partial charge in [-0.15, -0.1) is 11.3 Å². The molecule has 0 saturated carbocycles. The minimum atomic E-state index is -0.898. The SMILES string of the molecule is COCCNc1ccc(C#N)cc1-c1sc2c(c1C(=O)O)CC(C)(C)CC2. The van der Waals surface area contributed by atoms with Crippen LogP contribution >= 0.6 is 11.3 Å². The van der Waals surface area contributed by atoms with Crippen LogP contribution in [0.1, 0.15) is 46.6 Å². The van der Waals surface area contributed by atoms with Crippen LogP contribution in [0.4, 0.5) is 5.69 Å². The van der Waals surface area contributed by atoms with E-state index in [9.17, 15) is 15.2 Å². The zero-order chi connectivity index (χ0) is 19.6. The minimum Gasteiger partial charge on any atom is -0.478 e. The van der Waals surface area contributed by atoms with Crippen LogP contribution in [0.2, 0.25) is 0 Å². The van der Waals surface area contributed by atoms with Gasteiger partial charge in [-0.1, -0.05) is 13.8 Å². The number of aromatic carboxylic acids is 1.